The second kappa shape index (κ2) is 5.30. The summed E-state index contributed by atoms with van der Waals surface area (Å²) in [7, 11) is 0. The van der Waals surface area contributed by atoms with E-state index >= 15 is 0 Å². The van der Waals surface area contributed by atoms with Gasteiger partial charge < -0.3 is 10.6 Å². The Labute approximate surface area is 120 Å². The van der Waals surface area contributed by atoms with Gasteiger partial charge in [-0.2, -0.15) is 0 Å². The van der Waals surface area contributed by atoms with E-state index in [0.29, 0.717) is 29.4 Å². The third kappa shape index (κ3) is 2.44. The van der Waals surface area contributed by atoms with Gasteiger partial charge in [-0.05, 0) is 18.6 Å². The third-order valence-electron chi connectivity index (χ3n) is 3.34. The summed E-state index contributed by atoms with van der Waals surface area (Å²) in [5.41, 5.74) is 6.58. The molecule has 1 amide bonds. The lowest BCUT2D eigenvalue weighted by atomic mass is 10.2. The molecular formula is C14H14FN3OS. The Morgan fingerprint density at radius 2 is 2.25 bits per heavy atom. The highest BCUT2D eigenvalue weighted by atomic mass is 32.1. The predicted molar refractivity (Wildman–Crippen MR) is 76.0 cm³/mol. The number of aromatic nitrogens is 1. The number of benzene rings is 1. The van der Waals surface area contributed by atoms with Gasteiger partial charge in [-0.15, -0.1) is 11.3 Å². The number of hydrogen-bond acceptors (Lipinski definition) is 4. The number of carbonyl (C=O) groups excluding carboxylic acids is 1. The molecular weight excluding hydrogens is 277 g/mol. The van der Waals surface area contributed by atoms with Crippen LogP contribution < -0.4 is 5.73 Å². The second-order valence-electron chi connectivity index (χ2n) is 4.82. The van der Waals surface area contributed by atoms with Crippen molar-refractivity contribution >= 4 is 17.2 Å². The van der Waals surface area contributed by atoms with E-state index < -0.39 is 0 Å². The Morgan fingerprint density at radius 1 is 1.45 bits per heavy atom. The molecule has 0 spiro atoms. The van der Waals surface area contributed by atoms with Crippen molar-refractivity contribution in [2.45, 2.75) is 12.5 Å². The number of thiazole rings is 1. The van der Waals surface area contributed by atoms with E-state index in [1.165, 1.54) is 17.4 Å². The molecule has 0 aliphatic carbocycles. The predicted octanol–water partition coefficient (Wildman–Crippen LogP) is 2.12. The maximum absolute atomic E-state index is 13.7. The van der Waals surface area contributed by atoms with Gasteiger partial charge in [0, 0.05) is 30.1 Å². The van der Waals surface area contributed by atoms with E-state index in [4.69, 9.17) is 5.73 Å². The lowest BCUT2D eigenvalue weighted by Crippen LogP contribution is -2.32. The summed E-state index contributed by atoms with van der Waals surface area (Å²) < 4.78 is 13.7. The molecule has 0 bridgehead atoms. The topological polar surface area (TPSA) is 59.2 Å². The number of rotatable bonds is 2. The molecule has 1 atom stereocenters. The summed E-state index contributed by atoms with van der Waals surface area (Å²) in [6, 6.07) is 6.47. The van der Waals surface area contributed by atoms with Crippen LogP contribution in [-0.2, 0) is 0 Å². The molecule has 2 aromatic rings. The Kier molecular flexibility index (Phi) is 3.50. The van der Waals surface area contributed by atoms with E-state index in [-0.39, 0.29) is 17.8 Å². The van der Waals surface area contributed by atoms with Gasteiger partial charge in [0.05, 0.1) is 0 Å². The average molecular weight is 291 g/mol. The Morgan fingerprint density at radius 3 is 2.95 bits per heavy atom. The molecule has 1 aliphatic rings. The summed E-state index contributed by atoms with van der Waals surface area (Å²) in [4.78, 5) is 18.2. The van der Waals surface area contributed by atoms with Crippen molar-refractivity contribution < 1.29 is 9.18 Å². The molecule has 1 aromatic heterocycles. The highest BCUT2D eigenvalue weighted by Crippen LogP contribution is 2.26. The van der Waals surface area contributed by atoms with Crippen LogP contribution in [0.2, 0.25) is 0 Å². The number of halogens is 1. The molecule has 3 rings (SSSR count). The zero-order valence-corrected chi connectivity index (χ0v) is 11.6. The maximum Gasteiger partial charge on any atom is 0.273 e. The molecule has 1 saturated heterocycles. The summed E-state index contributed by atoms with van der Waals surface area (Å²) in [5.74, 6) is -0.458. The zero-order chi connectivity index (χ0) is 14.1. The summed E-state index contributed by atoms with van der Waals surface area (Å²) in [6.45, 7) is 1.22. The van der Waals surface area contributed by atoms with Crippen LogP contribution in [0.3, 0.4) is 0 Å². The van der Waals surface area contributed by atoms with Crippen LogP contribution in [0, 0.1) is 5.82 Å². The van der Waals surface area contributed by atoms with Crippen LogP contribution in [0.4, 0.5) is 4.39 Å². The molecule has 0 unspecified atom stereocenters. The molecule has 6 heteroatoms. The number of nitrogens with zero attached hydrogens (tertiary/aromatic N) is 2. The van der Waals surface area contributed by atoms with E-state index in [1.54, 1.807) is 28.5 Å². The first kappa shape index (κ1) is 13.2. The fourth-order valence-corrected chi connectivity index (χ4v) is 3.08. The molecule has 20 heavy (non-hydrogen) atoms. The smallest absolute Gasteiger partial charge is 0.273 e. The third-order valence-corrected chi connectivity index (χ3v) is 4.22. The van der Waals surface area contributed by atoms with Gasteiger partial charge in [0.25, 0.3) is 5.91 Å². The van der Waals surface area contributed by atoms with Crippen LogP contribution in [0.1, 0.15) is 16.9 Å². The zero-order valence-electron chi connectivity index (χ0n) is 10.8. The summed E-state index contributed by atoms with van der Waals surface area (Å²) >= 11 is 1.27. The van der Waals surface area contributed by atoms with Crippen LogP contribution in [0.15, 0.2) is 29.6 Å². The first-order valence-electron chi connectivity index (χ1n) is 6.40. The van der Waals surface area contributed by atoms with Crippen molar-refractivity contribution in [2.75, 3.05) is 13.1 Å². The number of carbonyl (C=O) groups is 1. The van der Waals surface area contributed by atoms with Gasteiger partial charge in [-0.1, -0.05) is 12.1 Å². The van der Waals surface area contributed by atoms with Gasteiger partial charge in [0.2, 0.25) is 0 Å². The number of amides is 1. The van der Waals surface area contributed by atoms with Crippen LogP contribution in [-0.4, -0.2) is 34.9 Å². The standard InChI is InChI=1S/C14H14FN3OS/c15-11-4-2-1-3-10(11)13-17-12(8-20-13)14(19)18-6-5-9(16)7-18/h1-4,8-9H,5-7,16H2/t9-/m1/s1. The number of nitrogens with two attached hydrogens (primary N) is 1. The van der Waals surface area contributed by atoms with Gasteiger partial charge in [-0.25, -0.2) is 9.37 Å². The quantitative estimate of drug-likeness (QED) is 0.922. The van der Waals surface area contributed by atoms with Crippen LogP contribution in [0.5, 0.6) is 0 Å². The SMILES string of the molecule is N[C@@H]1CCN(C(=O)c2csc(-c3ccccc3F)n2)C1. The Balaban J connectivity index is 1.84. The second-order valence-corrected chi connectivity index (χ2v) is 5.68. The van der Waals surface area contributed by atoms with Gasteiger partial charge in [0.1, 0.15) is 16.5 Å². The van der Waals surface area contributed by atoms with E-state index in [2.05, 4.69) is 4.98 Å². The molecule has 2 heterocycles. The molecule has 1 aromatic carbocycles. The van der Waals surface area contributed by atoms with Crippen molar-refractivity contribution in [2.24, 2.45) is 5.73 Å². The Bertz CT molecular complexity index is 643. The first-order valence-corrected chi connectivity index (χ1v) is 7.28. The summed E-state index contributed by atoms with van der Waals surface area (Å²) in [5, 5.41) is 2.20. The molecule has 1 fully saturated rings. The average Bonchev–Trinajstić information content (AvgIpc) is 3.07. The molecule has 0 saturated carbocycles. The lowest BCUT2D eigenvalue weighted by Gasteiger charge is -2.13. The monoisotopic (exact) mass is 291 g/mol. The van der Waals surface area contributed by atoms with E-state index in [1.807, 2.05) is 0 Å². The Hall–Kier alpha value is -1.79. The highest BCUT2D eigenvalue weighted by Gasteiger charge is 2.26. The largest absolute Gasteiger partial charge is 0.336 e. The minimum Gasteiger partial charge on any atom is -0.336 e. The number of likely N-dealkylation sites (tertiary alicyclic amines) is 1. The fraction of sp³-hybridized carbons (Fsp3) is 0.286. The van der Waals surface area contributed by atoms with Crippen molar-refractivity contribution in [3.05, 3.63) is 41.2 Å². The normalized spacial score (nSPS) is 18.5. The first-order chi connectivity index (χ1) is 9.65. The maximum atomic E-state index is 13.7. The van der Waals surface area contributed by atoms with Gasteiger partial charge >= 0.3 is 0 Å². The van der Waals surface area contributed by atoms with Gasteiger partial charge in [-0.3, -0.25) is 4.79 Å². The number of hydrogen-bond donors (Lipinski definition) is 1. The molecule has 1 aliphatic heterocycles. The van der Waals surface area contributed by atoms with Crippen LogP contribution in [0.25, 0.3) is 10.6 Å². The van der Waals surface area contributed by atoms with Crippen molar-refractivity contribution in [1.82, 2.24) is 9.88 Å². The van der Waals surface area contributed by atoms with Crippen molar-refractivity contribution in [3.8, 4) is 10.6 Å². The fourth-order valence-electron chi connectivity index (χ4n) is 2.26. The highest BCUT2D eigenvalue weighted by molar-refractivity contribution is 7.13. The lowest BCUT2D eigenvalue weighted by molar-refractivity contribution is 0.0786. The van der Waals surface area contributed by atoms with Crippen molar-refractivity contribution in [3.63, 3.8) is 0 Å². The molecule has 0 radical (unpaired) electrons. The van der Waals surface area contributed by atoms with Crippen LogP contribution >= 0.6 is 11.3 Å². The van der Waals surface area contributed by atoms with E-state index in [0.717, 1.165) is 6.42 Å². The molecule has 104 valence electrons. The van der Waals surface area contributed by atoms with Crippen molar-refractivity contribution in [1.29, 1.82) is 0 Å². The molecule has 2 N–H and O–H groups in total. The minimum absolute atomic E-state index is 0.0450. The molecule has 4 nitrogen and oxygen atoms in total. The minimum atomic E-state index is -0.330. The van der Waals surface area contributed by atoms with E-state index in [9.17, 15) is 9.18 Å². The van der Waals surface area contributed by atoms with Gasteiger partial charge in [0.15, 0.2) is 0 Å². The summed E-state index contributed by atoms with van der Waals surface area (Å²) in [6.07, 6.45) is 0.816.